The maximum Gasteiger partial charge on any atom is 0.0346 e. The number of nitrogen functional groups attached to an aromatic ring is 1. The van der Waals surface area contributed by atoms with Crippen molar-refractivity contribution >= 4 is 5.69 Å². The summed E-state index contributed by atoms with van der Waals surface area (Å²) in [5, 5.41) is 0. The lowest BCUT2D eigenvalue weighted by Crippen LogP contribution is -2.36. The molecule has 0 amide bonds. The predicted molar refractivity (Wildman–Crippen MR) is 83.1 cm³/mol. The van der Waals surface area contributed by atoms with Gasteiger partial charge in [-0.1, -0.05) is 26.0 Å². The van der Waals surface area contributed by atoms with Gasteiger partial charge in [0.25, 0.3) is 0 Å². The molecule has 0 aromatic heterocycles. The van der Waals surface area contributed by atoms with Crippen molar-refractivity contribution in [2.75, 3.05) is 12.8 Å². The summed E-state index contributed by atoms with van der Waals surface area (Å²) in [4.78, 5) is 2.50. The fraction of sp³-hybridized carbons (Fsp3) is 0.647. The Bertz CT molecular complexity index is 427. The highest BCUT2D eigenvalue weighted by atomic mass is 15.1. The van der Waals surface area contributed by atoms with Crippen molar-refractivity contribution in [2.24, 2.45) is 5.41 Å². The summed E-state index contributed by atoms with van der Waals surface area (Å²) in [6.07, 6.45) is 5.34. The van der Waals surface area contributed by atoms with Crippen LogP contribution in [-0.4, -0.2) is 18.0 Å². The van der Waals surface area contributed by atoms with Crippen LogP contribution in [0.5, 0.6) is 0 Å². The summed E-state index contributed by atoms with van der Waals surface area (Å²) in [5.41, 5.74) is 9.95. The summed E-state index contributed by atoms with van der Waals surface area (Å²) in [5.74, 6) is 0. The van der Waals surface area contributed by atoms with Crippen LogP contribution in [0.4, 0.5) is 5.69 Å². The Balaban J connectivity index is 1.94. The molecule has 2 rings (SSSR count). The molecule has 0 radical (unpaired) electrons. The SMILES string of the molecule is Cc1ccc(CN(C)C2CCC(C)(C)CC2)cc1N. The van der Waals surface area contributed by atoms with E-state index < -0.39 is 0 Å². The van der Waals surface area contributed by atoms with E-state index in [1.54, 1.807) is 0 Å². The molecule has 106 valence electrons. The van der Waals surface area contributed by atoms with E-state index in [-0.39, 0.29) is 0 Å². The minimum atomic E-state index is 0.547. The summed E-state index contributed by atoms with van der Waals surface area (Å²) < 4.78 is 0. The van der Waals surface area contributed by atoms with E-state index in [0.717, 1.165) is 18.3 Å². The number of hydrogen-bond acceptors (Lipinski definition) is 2. The molecule has 1 aliphatic rings. The second kappa shape index (κ2) is 5.54. The Kier molecular flexibility index (Phi) is 4.19. The Morgan fingerprint density at radius 1 is 1.26 bits per heavy atom. The van der Waals surface area contributed by atoms with E-state index in [2.05, 4.69) is 50.9 Å². The van der Waals surface area contributed by atoms with Gasteiger partial charge in [0.15, 0.2) is 0 Å². The Hall–Kier alpha value is -1.02. The van der Waals surface area contributed by atoms with Gasteiger partial charge in [-0.3, -0.25) is 4.90 Å². The van der Waals surface area contributed by atoms with Crippen LogP contribution in [-0.2, 0) is 6.54 Å². The van der Waals surface area contributed by atoms with Crippen molar-refractivity contribution in [3.05, 3.63) is 29.3 Å². The van der Waals surface area contributed by atoms with Crippen LogP contribution in [0.3, 0.4) is 0 Å². The zero-order chi connectivity index (χ0) is 14.0. The van der Waals surface area contributed by atoms with Gasteiger partial charge < -0.3 is 5.73 Å². The van der Waals surface area contributed by atoms with Crippen LogP contribution in [0.1, 0.15) is 50.7 Å². The highest BCUT2D eigenvalue weighted by molar-refractivity contribution is 5.48. The lowest BCUT2D eigenvalue weighted by Gasteiger charge is -2.38. The molecular formula is C17H28N2. The van der Waals surface area contributed by atoms with Crippen molar-refractivity contribution in [3.63, 3.8) is 0 Å². The van der Waals surface area contributed by atoms with Crippen LogP contribution in [0, 0.1) is 12.3 Å². The fourth-order valence-corrected chi connectivity index (χ4v) is 3.03. The van der Waals surface area contributed by atoms with Crippen LogP contribution in [0.25, 0.3) is 0 Å². The maximum atomic E-state index is 5.99. The smallest absolute Gasteiger partial charge is 0.0346 e. The number of nitrogens with two attached hydrogens (primary N) is 1. The molecule has 0 heterocycles. The van der Waals surface area contributed by atoms with Crippen molar-refractivity contribution in [1.29, 1.82) is 0 Å². The standard InChI is InChI=1S/C17H28N2/c1-13-5-6-14(11-16(13)18)12-19(4)15-7-9-17(2,3)10-8-15/h5-6,11,15H,7-10,12,18H2,1-4H3. The van der Waals surface area contributed by atoms with Crippen LogP contribution in [0.2, 0.25) is 0 Å². The van der Waals surface area contributed by atoms with Gasteiger partial charge in [-0.15, -0.1) is 0 Å². The highest BCUT2D eigenvalue weighted by Gasteiger charge is 2.28. The molecule has 0 spiro atoms. The predicted octanol–water partition coefficient (Wildman–Crippen LogP) is 3.98. The molecule has 1 saturated carbocycles. The minimum Gasteiger partial charge on any atom is -0.399 e. The molecular weight excluding hydrogens is 232 g/mol. The molecule has 0 atom stereocenters. The summed E-state index contributed by atoms with van der Waals surface area (Å²) >= 11 is 0. The lowest BCUT2D eigenvalue weighted by atomic mass is 9.75. The monoisotopic (exact) mass is 260 g/mol. The molecule has 1 fully saturated rings. The molecule has 2 nitrogen and oxygen atoms in total. The molecule has 1 aliphatic carbocycles. The molecule has 2 heteroatoms. The molecule has 0 saturated heterocycles. The van der Waals surface area contributed by atoms with Crippen molar-refractivity contribution in [2.45, 2.75) is 59.0 Å². The average Bonchev–Trinajstić information content (AvgIpc) is 2.33. The van der Waals surface area contributed by atoms with Gasteiger partial charge in [0.1, 0.15) is 0 Å². The molecule has 0 bridgehead atoms. The first kappa shape index (κ1) is 14.4. The largest absolute Gasteiger partial charge is 0.399 e. The van der Waals surface area contributed by atoms with Gasteiger partial charge >= 0.3 is 0 Å². The third kappa shape index (κ3) is 3.73. The van der Waals surface area contributed by atoms with E-state index in [4.69, 9.17) is 5.73 Å². The zero-order valence-electron chi connectivity index (χ0n) is 12.9. The number of nitrogens with zero attached hydrogens (tertiary/aromatic N) is 1. The zero-order valence-corrected chi connectivity index (χ0v) is 12.9. The Morgan fingerprint density at radius 3 is 2.47 bits per heavy atom. The highest BCUT2D eigenvalue weighted by Crippen LogP contribution is 2.36. The quantitative estimate of drug-likeness (QED) is 0.833. The van der Waals surface area contributed by atoms with Crippen LogP contribution >= 0.6 is 0 Å². The first-order valence-corrected chi connectivity index (χ1v) is 7.43. The molecule has 0 aliphatic heterocycles. The van der Waals surface area contributed by atoms with E-state index in [0.29, 0.717) is 5.41 Å². The minimum absolute atomic E-state index is 0.547. The molecule has 1 aromatic carbocycles. The van der Waals surface area contributed by atoms with Gasteiger partial charge in [0.2, 0.25) is 0 Å². The third-order valence-corrected chi connectivity index (χ3v) is 4.71. The second-order valence-electron chi connectivity index (χ2n) is 7.00. The second-order valence-corrected chi connectivity index (χ2v) is 7.00. The normalized spacial score (nSPS) is 19.8. The number of anilines is 1. The fourth-order valence-electron chi connectivity index (χ4n) is 3.03. The van der Waals surface area contributed by atoms with Crippen molar-refractivity contribution in [3.8, 4) is 0 Å². The molecule has 0 unspecified atom stereocenters. The summed E-state index contributed by atoms with van der Waals surface area (Å²) in [6, 6.07) is 7.19. The number of benzene rings is 1. The summed E-state index contributed by atoms with van der Waals surface area (Å²) in [6.45, 7) is 7.86. The maximum absolute atomic E-state index is 5.99. The van der Waals surface area contributed by atoms with E-state index in [1.165, 1.54) is 36.8 Å². The van der Waals surface area contributed by atoms with Gasteiger partial charge in [-0.2, -0.15) is 0 Å². The first-order valence-electron chi connectivity index (χ1n) is 7.43. The third-order valence-electron chi connectivity index (χ3n) is 4.71. The Labute approximate surface area is 118 Å². The van der Waals surface area contributed by atoms with Gasteiger partial charge in [-0.25, -0.2) is 0 Å². The number of aryl methyl sites for hydroxylation is 1. The lowest BCUT2D eigenvalue weighted by molar-refractivity contribution is 0.123. The van der Waals surface area contributed by atoms with Gasteiger partial charge in [0, 0.05) is 18.3 Å². The van der Waals surface area contributed by atoms with E-state index in [1.807, 2.05) is 0 Å². The number of hydrogen-bond donors (Lipinski definition) is 1. The Morgan fingerprint density at radius 2 is 1.89 bits per heavy atom. The van der Waals surface area contributed by atoms with Crippen LogP contribution in [0.15, 0.2) is 18.2 Å². The van der Waals surface area contributed by atoms with Crippen LogP contribution < -0.4 is 5.73 Å². The molecule has 1 aromatic rings. The van der Waals surface area contributed by atoms with Crippen molar-refractivity contribution in [1.82, 2.24) is 4.90 Å². The number of rotatable bonds is 3. The van der Waals surface area contributed by atoms with Crippen molar-refractivity contribution < 1.29 is 0 Å². The first-order chi connectivity index (χ1) is 8.87. The summed E-state index contributed by atoms with van der Waals surface area (Å²) in [7, 11) is 2.25. The molecule has 19 heavy (non-hydrogen) atoms. The van der Waals surface area contributed by atoms with Gasteiger partial charge in [0.05, 0.1) is 0 Å². The van der Waals surface area contributed by atoms with Gasteiger partial charge in [-0.05, 0) is 62.3 Å². The van der Waals surface area contributed by atoms with E-state index in [9.17, 15) is 0 Å². The topological polar surface area (TPSA) is 29.3 Å². The van der Waals surface area contributed by atoms with E-state index >= 15 is 0 Å². The average molecular weight is 260 g/mol. The molecule has 2 N–H and O–H groups in total.